The van der Waals surface area contributed by atoms with Crippen molar-refractivity contribution in [3.05, 3.63) is 22.7 Å². The highest BCUT2D eigenvalue weighted by atomic mass is 35.5. The quantitative estimate of drug-likeness (QED) is 0.881. The molecular weight excluding hydrogens is 320 g/mol. The van der Waals surface area contributed by atoms with Gasteiger partial charge in [0, 0.05) is 24.7 Å². The van der Waals surface area contributed by atoms with Crippen LogP contribution in [-0.2, 0) is 16.1 Å². The number of amides is 1. The van der Waals surface area contributed by atoms with Gasteiger partial charge in [0.25, 0.3) is 0 Å². The lowest BCUT2D eigenvalue weighted by atomic mass is 9.95. The summed E-state index contributed by atoms with van der Waals surface area (Å²) in [7, 11) is 1.58. The fourth-order valence-corrected chi connectivity index (χ4v) is 3.56. The molecule has 6 nitrogen and oxygen atoms in total. The SMILES string of the molecule is COCC1(C(N)=O)CCCN1Cc1cc2c(cc1Cl)OCCO2. The first kappa shape index (κ1) is 16.4. The number of benzene rings is 1. The summed E-state index contributed by atoms with van der Waals surface area (Å²) < 4.78 is 16.4. The number of halogens is 1. The van der Waals surface area contributed by atoms with Gasteiger partial charge in [0.15, 0.2) is 11.5 Å². The summed E-state index contributed by atoms with van der Waals surface area (Å²) in [6, 6.07) is 3.65. The van der Waals surface area contributed by atoms with Gasteiger partial charge in [-0.05, 0) is 31.0 Å². The molecule has 3 rings (SSSR count). The summed E-state index contributed by atoms with van der Waals surface area (Å²) in [4.78, 5) is 14.1. The van der Waals surface area contributed by atoms with Crippen LogP contribution in [0.1, 0.15) is 18.4 Å². The molecule has 1 saturated heterocycles. The molecule has 0 saturated carbocycles. The number of hydrogen-bond donors (Lipinski definition) is 1. The van der Waals surface area contributed by atoms with Crippen LogP contribution in [-0.4, -0.2) is 49.8 Å². The lowest BCUT2D eigenvalue weighted by molar-refractivity contribution is -0.132. The van der Waals surface area contributed by atoms with Crippen LogP contribution < -0.4 is 15.2 Å². The van der Waals surface area contributed by atoms with Gasteiger partial charge < -0.3 is 19.9 Å². The molecule has 0 aliphatic carbocycles. The third kappa shape index (κ3) is 2.98. The maximum Gasteiger partial charge on any atom is 0.240 e. The van der Waals surface area contributed by atoms with E-state index in [9.17, 15) is 4.79 Å². The highest BCUT2D eigenvalue weighted by Gasteiger charge is 2.46. The predicted octanol–water partition coefficient (Wildman–Crippen LogP) is 1.58. The molecule has 2 aliphatic rings. The molecule has 1 amide bonds. The Hall–Kier alpha value is -1.50. The normalized spacial score (nSPS) is 23.9. The Balaban J connectivity index is 1.87. The number of carbonyl (C=O) groups is 1. The Bertz CT molecular complexity index is 610. The highest BCUT2D eigenvalue weighted by Crippen LogP contribution is 2.38. The predicted molar refractivity (Wildman–Crippen MR) is 85.9 cm³/mol. The average molecular weight is 341 g/mol. The fraction of sp³-hybridized carbons (Fsp3) is 0.562. The van der Waals surface area contributed by atoms with Gasteiger partial charge in [0.2, 0.25) is 5.91 Å². The van der Waals surface area contributed by atoms with Crippen molar-refractivity contribution < 1.29 is 19.0 Å². The van der Waals surface area contributed by atoms with E-state index >= 15 is 0 Å². The molecule has 0 radical (unpaired) electrons. The first-order valence-electron chi connectivity index (χ1n) is 7.69. The molecule has 7 heteroatoms. The lowest BCUT2D eigenvalue weighted by Gasteiger charge is -2.35. The van der Waals surface area contributed by atoms with Crippen molar-refractivity contribution in [2.45, 2.75) is 24.9 Å². The van der Waals surface area contributed by atoms with Crippen molar-refractivity contribution >= 4 is 17.5 Å². The number of fused-ring (bicyclic) bond motifs is 1. The second-order valence-electron chi connectivity index (χ2n) is 5.94. The van der Waals surface area contributed by atoms with E-state index in [2.05, 4.69) is 4.90 Å². The second-order valence-corrected chi connectivity index (χ2v) is 6.35. The standard InChI is InChI=1S/C16H21ClN2O4/c1-21-10-16(15(18)20)3-2-4-19(16)9-11-7-13-14(8-12(11)17)23-6-5-22-13/h7-8H,2-6,9-10H2,1H3,(H2,18,20). The minimum Gasteiger partial charge on any atom is -0.486 e. The van der Waals surface area contributed by atoms with Crippen molar-refractivity contribution in [1.82, 2.24) is 4.90 Å². The van der Waals surface area contributed by atoms with Crippen LogP contribution in [0.4, 0.5) is 0 Å². The van der Waals surface area contributed by atoms with Crippen molar-refractivity contribution in [2.75, 3.05) is 33.5 Å². The number of likely N-dealkylation sites (tertiary alicyclic amines) is 1. The van der Waals surface area contributed by atoms with Crippen LogP contribution in [0, 0.1) is 0 Å². The van der Waals surface area contributed by atoms with Crippen molar-refractivity contribution in [1.29, 1.82) is 0 Å². The molecule has 2 aliphatic heterocycles. The number of nitrogens with zero attached hydrogens (tertiary/aromatic N) is 1. The maximum absolute atomic E-state index is 12.1. The third-order valence-corrected chi connectivity index (χ3v) is 4.89. The highest BCUT2D eigenvalue weighted by molar-refractivity contribution is 6.31. The fourth-order valence-electron chi connectivity index (χ4n) is 3.35. The number of ether oxygens (including phenoxy) is 3. The minimum atomic E-state index is -0.772. The summed E-state index contributed by atoms with van der Waals surface area (Å²) in [6.45, 7) is 2.61. The molecule has 0 spiro atoms. The molecule has 2 N–H and O–H groups in total. The van der Waals surface area contributed by atoms with E-state index in [-0.39, 0.29) is 12.5 Å². The van der Waals surface area contributed by atoms with Crippen LogP contribution in [0.15, 0.2) is 12.1 Å². The Morgan fingerprint density at radius 2 is 2.09 bits per heavy atom. The smallest absolute Gasteiger partial charge is 0.240 e. The first-order valence-corrected chi connectivity index (χ1v) is 8.06. The van der Waals surface area contributed by atoms with Gasteiger partial charge in [-0.15, -0.1) is 0 Å². The summed E-state index contributed by atoms with van der Waals surface area (Å²) in [5, 5.41) is 0.594. The Morgan fingerprint density at radius 3 is 2.74 bits per heavy atom. The summed E-state index contributed by atoms with van der Waals surface area (Å²) in [5.41, 5.74) is 5.79. The average Bonchev–Trinajstić information content (AvgIpc) is 2.92. The molecule has 23 heavy (non-hydrogen) atoms. The molecule has 2 heterocycles. The molecule has 126 valence electrons. The molecule has 1 fully saturated rings. The number of carbonyl (C=O) groups excluding carboxylic acids is 1. The monoisotopic (exact) mass is 340 g/mol. The van der Waals surface area contributed by atoms with Gasteiger partial charge >= 0.3 is 0 Å². The van der Waals surface area contributed by atoms with Gasteiger partial charge in [-0.2, -0.15) is 0 Å². The summed E-state index contributed by atoms with van der Waals surface area (Å²) in [6.07, 6.45) is 1.59. The van der Waals surface area contributed by atoms with Gasteiger partial charge in [-0.1, -0.05) is 11.6 Å². The molecular formula is C16H21ClN2O4. The zero-order valence-electron chi connectivity index (χ0n) is 13.1. The van der Waals surface area contributed by atoms with Crippen molar-refractivity contribution in [2.24, 2.45) is 5.73 Å². The van der Waals surface area contributed by atoms with E-state index in [1.165, 1.54) is 0 Å². The van der Waals surface area contributed by atoms with Crippen molar-refractivity contribution in [3.8, 4) is 11.5 Å². The van der Waals surface area contributed by atoms with E-state index in [1.807, 2.05) is 6.07 Å². The number of methoxy groups -OCH3 is 1. The molecule has 1 unspecified atom stereocenters. The van der Waals surface area contributed by atoms with Crippen LogP contribution in [0.25, 0.3) is 0 Å². The minimum absolute atomic E-state index is 0.282. The van der Waals surface area contributed by atoms with Gasteiger partial charge in [0.05, 0.1) is 6.61 Å². The molecule has 1 atom stereocenters. The van der Waals surface area contributed by atoms with E-state index in [0.29, 0.717) is 42.7 Å². The molecule has 0 bridgehead atoms. The number of primary amides is 1. The Labute approximate surface area is 140 Å². The first-order chi connectivity index (χ1) is 11.1. The van der Waals surface area contributed by atoms with Gasteiger partial charge in [-0.25, -0.2) is 0 Å². The van der Waals surface area contributed by atoms with Crippen molar-refractivity contribution in [3.63, 3.8) is 0 Å². The Morgan fingerprint density at radius 1 is 1.39 bits per heavy atom. The summed E-state index contributed by atoms with van der Waals surface area (Å²) >= 11 is 6.38. The van der Waals surface area contributed by atoms with Gasteiger partial charge in [0.1, 0.15) is 18.8 Å². The van der Waals surface area contributed by atoms with Crippen LogP contribution in [0.3, 0.4) is 0 Å². The zero-order chi connectivity index (χ0) is 16.4. The van der Waals surface area contributed by atoms with E-state index in [1.54, 1.807) is 13.2 Å². The lowest BCUT2D eigenvalue weighted by Crippen LogP contribution is -2.56. The van der Waals surface area contributed by atoms with E-state index in [0.717, 1.165) is 18.5 Å². The molecule has 0 aromatic heterocycles. The molecule has 1 aromatic rings. The van der Waals surface area contributed by atoms with E-state index < -0.39 is 5.54 Å². The molecule has 1 aromatic carbocycles. The van der Waals surface area contributed by atoms with E-state index in [4.69, 9.17) is 31.5 Å². The number of nitrogens with two attached hydrogens (primary N) is 1. The zero-order valence-corrected chi connectivity index (χ0v) is 13.9. The number of hydrogen-bond acceptors (Lipinski definition) is 5. The summed E-state index contributed by atoms with van der Waals surface area (Å²) in [5.74, 6) is 0.987. The Kier molecular flexibility index (Phi) is 4.66. The van der Waals surface area contributed by atoms with Crippen LogP contribution >= 0.6 is 11.6 Å². The maximum atomic E-state index is 12.1. The second kappa shape index (κ2) is 6.55. The van der Waals surface area contributed by atoms with Crippen LogP contribution in [0.5, 0.6) is 11.5 Å². The number of rotatable bonds is 5. The largest absolute Gasteiger partial charge is 0.486 e. The topological polar surface area (TPSA) is 74.0 Å². The van der Waals surface area contributed by atoms with Gasteiger partial charge in [-0.3, -0.25) is 9.69 Å². The third-order valence-electron chi connectivity index (χ3n) is 4.54. The van der Waals surface area contributed by atoms with Crippen LogP contribution in [0.2, 0.25) is 5.02 Å².